The predicted octanol–water partition coefficient (Wildman–Crippen LogP) is 11.4. The fraction of sp³-hybridized carbons (Fsp3) is 0.459. The minimum absolute atomic E-state index is 0.258. The van der Waals surface area contributed by atoms with Gasteiger partial charge in [-0.1, -0.05) is 127 Å². The summed E-state index contributed by atoms with van der Waals surface area (Å²) in [4.78, 5) is 5.76. The zero-order valence-electron chi connectivity index (χ0n) is 25.0. The van der Waals surface area contributed by atoms with Gasteiger partial charge in [-0.2, -0.15) is 0 Å². The zero-order valence-corrected chi connectivity index (χ0v) is 26.6. The number of unbranched alkanes of at least 4 members (excludes halogenated alkanes) is 2. The normalized spacial score (nSPS) is 15.0. The van der Waals surface area contributed by atoms with Crippen LogP contribution in [-0.2, 0) is 5.41 Å². The standard InChI is InChI=1S/C37H47NS2/c1-5-9-17-28(7-3)26-38(27-29(8-4)18-10-6-2)34-25-33-36(40-34)35-32(23-24-39-35)37(33,30-19-13-11-14-20-30)31-21-15-12-16-22-31/h11-16,19-25,28-29H,5-10,17-18,26-27H2,1-4H3. The summed E-state index contributed by atoms with van der Waals surface area (Å²) in [5.74, 6) is 1.51. The summed E-state index contributed by atoms with van der Waals surface area (Å²) in [5.41, 5.74) is 5.43. The first-order valence-electron chi connectivity index (χ1n) is 15.8. The molecule has 0 amide bonds. The number of rotatable bonds is 15. The van der Waals surface area contributed by atoms with Crippen LogP contribution in [0.25, 0.3) is 9.75 Å². The smallest absolute Gasteiger partial charge is 0.0918 e. The molecule has 1 nitrogen and oxygen atoms in total. The van der Waals surface area contributed by atoms with Crippen molar-refractivity contribution in [3.8, 4) is 9.75 Å². The van der Waals surface area contributed by atoms with Gasteiger partial charge in [-0.25, -0.2) is 0 Å². The highest BCUT2D eigenvalue weighted by molar-refractivity contribution is 7.24. The minimum Gasteiger partial charge on any atom is -0.363 e. The first-order valence-corrected chi connectivity index (χ1v) is 17.4. The van der Waals surface area contributed by atoms with Gasteiger partial charge in [-0.05, 0) is 64.4 Å². The van der Waals surface area contributed by atoms with E-state index in [2.05, 4.69) is 122 Å². The van der Waals surface area contributed by atoms with E-state index in [1.165, 1.54) is 101 Å². The van der Waals surface area contributed by atoms with Gasteiger partial charge in [0.05, 0.1) is 15.3 Å². The number of fused-ring (bicyclic) bond motifs is 3. The van der Waals surface area contributed by atoms with E-state index >= 15 is 0 Å². The number of benzene rings is 2. The van der Waals surface area contributed by atoms with Gasteiger partial charge in [0.25, 0.3) is 0 Å². The topological polar surface area (TPSA) is 3.24 Å². The lowest BCUT2D eigenvalue weighted by Crippen LogP contribution is -2.34. The number of hydrogen-bond donors (Lipinski definition) is 0. The molecule has 0 N–H and O–H groups in total. The summed E-state index contributed by atoms with van der Waals surface area (Å²) in [6, 6.07) is 27.5. The summed E-state index contributed by atoms with van der Waals surface area (Å²) >= 11 is 3.98. The van der Waals surface area contributed by atoms with Gasteiger partial charge in [-0.15, -0.1) is 22.7 Å². The van der Waals surface area contributed by atoms with Gasteiger partial charge >= 0.3 is 0 Å². The molecule has 0 fully saturated rings. The van der Waals surface area contributed by atoms with Crippen LogP contribution in [0.1, 0.15) is 101 Å². The van der Waals surface area contributed by atoms with Crippen LogP contribution in [0.4, 0.5) is 5.00 Å². The van der Waals surface area contributed by atoms with E-state index in [-0.39, 0.29) is 5.41 Å². The molecule has 2 aromatic carbocycles. The molecule has 0 bridgehead atoms. The molecule has 4 aromatic rings. The van der Waals surface area contributed by atoms with Crippen LogP contribution in [-0.4, -0.2) is 13.1 Å². The Kier molecular flexibility index (Phi) is 9.86. The number of anilines is 1. The third kappa shape index (κ3) is 5.57. The predicted molar refractivity (Wildman–Crippen MR) is 178 cm³/mol. The molecular weight excluding hydrogens is 523 g/mol. The van der Waals surface area contributed by atoms with Crippen molar-refractivity contribution in [3.05, 3.63) is 100 Å². The number of nitrogens with zero attached hydrogens (tertiary/aromatic N) is 1. The zero-order chi connectivity index (χ0) is 28.0. The molecule has 0 aliphatic heterocycles. The SMILES string of the molecule is CCCCC(CC)CN(CC(CC)CCCC)c1cc2c(s1)-c1sccc1C2(c1ccccc1)c1ccccc1. The average Bonchev–Trinajstić information content (AvgIpc) is 3.71. The minimum atomic E-state index is -0.258. The highest BCUT2D eigenvalue weighted by Gasteiger charge is 2.48. The van der Waals surface area contributed by atoms with Gasteiger partial charge < -0.3 is 4.90 Å². The first kappa shape index (κ1) is 29.1. The Labute approximate surface area is 251 Å². The van der Waals surface area contributed by atoms with Crippen LogP contribution in [0.15, 0.2) is 78.2 Å². The molecular formula is C37H47NS2. The van der Waals surface area contributed by atoms with E-state index in [0.717, 1.165) is 11.8 Å². The molecule has 212 valence electrons. The van der Waals surface area contributed by atoms with E-state index < -0.39 is 0 Å². The van der Waals surface area contributed by atoms with Crippen LogP contribution in [0.3, 0.4) is 0 Å². The maximum absolute atomic E-state index is 2.81. The van der Waals surface area contributed by atoms with E-state index in [1.807, 2.05) is 11.3 Å². The first-order chi connectivity index (χ1) is 19.7. The Morgan fingerprint density at radius 1 is 0.675 bits per heavy atom. The largest absolute Gasteiger partial charge is 0.363 e. The summed E-state index contributed by atoms with van der Waals surface area (Å²) in [6.07, 6.45) is 10.5. The number of hydrogen-bond acceptors (Lipinski definition) is 3. The van der Waals surface area contributed by atoms with Crippen molar-refractivity contribution in [2.75, 3.05) is 18.0 Å². The summed E-state index contributed by atoms with van der Waals surface area (Å²) in [6.45, 7) is 11.8. The van der Waals surface area contributed by atoms with E-state index in [1.54, 1.807) is 0 Å². The molecule has 0 radical (unpaired) electrons. The molecule has 0 spiro atoms. The molecule has 2 heterocycles. The maximum Gasteiger partial charge on any atom is 0.0918 e. The molecule has 5 rings (SSSR count). The van der Waals surface area contributed by atoms with E-state index in [0.29, 0.717) is 0 Å². The number of thiophene rings is 2. The summed E-state index contributed by atoms with van der Waals surface area (Å²) in [7, 11) is 0. The fourth-order valence-corrected chi connectivity index (χ4v) is 9.15. The van der Waals surface area contributed by atoms with Gasteiger partial charge in [0, 0.05) is 18.0 Å². The molecule has 3 heteroatoms. The lowest BCUT2D eigenvalue weighted by molar-refractivity contribution is 0.404. The van der Waals surface area contributed by atoms with Crippen molar-refractivity contribution in [2.45, 2.75) is 84.5 Å². The Bertz CT molecular complexity index is 1260. The third-order valence-corrected chi connectivity index (χ3v) is 11.4. The maximum atomic E-state index is 2.81. The van der Waals surface area contributed by atoms with Crippen molar-refractivity contribution in [1.82, 2.24) is 0 Å². The second-order valence-electron chi connectivity index (χ2n) is 11.7. The fourth-order valence-electron chi connectivity index (χ4n) is 6.78. The Hall–Kier alpha value is -2.36. The van der Waals surface area contributed by atoms with Crippen molar-refractivity contribution < 1.29 is 0 Å². The monoisotopic (exact) mass is 569 g/mol. The van der Waals surface area contributed by atoms with Crippen LogP contribution < -0.4 is 4.90 Å². The molecule has 2 atom stereocenters. The lowest BCUT2D eigenvalue weighted by Gasteiger charge is -2.33. The van der Waals surface area contributed by atoms with Crippen molar-refractivity contribution in [3.63, 3.8) is 0 Å². The van der Waals surface area contributed by atoms with E-state index in [4.69, 9.17) is 0 Å². The summed E-state index contributed by atoms with van der Waals surface area (Å²) < 4.78 is 0. The van der Waals surface area contributed by atoms with Crippen LogP contribution >= 0.6 is 22.7 Å². The van der Waals surface area contributed by atoms with Crippen molar-refractivity contribution in [1.29, 1.82) is 0 Å². The summed E-state index contributed by atoms with van der Waals surface area (Å²) in [5, 5.41) is 3.78. The second-order valence-corrected chi connectivity index (χ2v) is 13.7. The van der Waals surface area contributed by atoms with Crippen molar-refractivity contribution >= 4 is 27.7 Å². The van der Waals surface area contributed by atoms with Crippen LogP contribution in [0.5, 0.6) is 0 Å². The average molecular weight is 570 g/mol. The van der Waals surface area contributed by atoms with Crippen LogP contribution in [0.2, 0.25) is 0 Å². The van der Waals surface area contributed by atoms with E-state index in [9.17, 15) is 0 Å². The third-order valence-electron chi connectivity index (χ3n) is 9.17. The quantitative estimate of drug-likeness (QED) is 0.121. The Morgan fingerprint density at radius 2 is 1.23 bits per heavy atom. The van der Waals surface area contributed by atoms with Gasteiger partial charge in [-0.3, -0.25) is 0 Å². The highest BCUT2D eigenvalue weighted by Crippen LogP contribution is 2.61. The molecule has 40 heavy (non-hydrogen) atoms. The van der Waals surface area contributed by atoms with Crippen LogP contribution in [0, 0.1) is 11.8 Å². The highest BCUT2D eigenvalue weighted by atomic mass is 32.1. The van der Waals surface area contributed by atoms with Gasteiger partial charge in [0.1, 0.15) is 0 Å². The molecule has 2 aromatic heterocycles. The molecule has 0 saturated carbocycles. The van der Waals surface area contributed by atoms with Gasteiger partial charge in [0.15, 0.2) is 0 Å². The molecule has 0 saturated heterocycles. The van der Waals surface area contributed by atoms with Crippen molar-refractivity contribution in [2.24, 2.45) is 11.8 Å². The molecule has 1 aliphatic carbocycles. The lowest BCUT2D eigenvalue weighted by atomic mass is 9.68. The second kappa shape index (κ2) is 13.5. The Balaban J connectivity index is 1.63. The van der Waals surface area contributed by atoms with Gasteiger partial charge in [0.2, 0.25) is 0 Å². The molecule has 1 aliphatic rings. The molecule has 2 unspecified atom stereocenters. The Morgan fingerprint density at radius 3 is 1.73 bits per heavy atom.